The summed E-state index contributed by atoms with van der Waals surface area (Å²) < 4.78 is 25.4. The smallest absolute Gasteiger partial charge is 0.297 e. The molecular weight excluding hydrogens is 445 g/mol. The molecule has 33 heavy (non-hydrogen) atoms. The molecular formula is C24H20FN3O4S. The highest BCUT2D eigenvalue weighted by Gasteiger charge is 2.45. The Balaban J connectivity index is 1.75. The Labute approximate surface area is 192 Å². The van der Waals surface area contributed by atoms with Crippen LogP contribution in [0, 0.1) is 5.82 Å². The van der Waals surface area contributed by atoms with Crippen LogP contribution in [-0.4, -0.2) is 22.7 Å². The van der Waals surface area contributed by atoms with Crippen molar-refractivity contribution in [3.05, 3.63) is 80.4 Å². The predicted molar refractivity (Wildman–Crippen MR) is 123 cm³/mol. The van der Waals surface area contributed by atoms with Crippen LogP contribution in [0.15, 0.2) is 51.7 Å². The van der Waals surface area contributed by atoms with Crippen molar-refractivity contribution in [2.75, 3.05) is 11.5 Å². The minimum Gasteiger partial charge on any atom is -0.494 e. The van der Waals surface area contributed by atoms with Crippen LogP contribution >= 0.6 is 11.3 Å². The Bertz CT molecular complexity index is 1430. The van der Waals surface area contributed by atoms with Crippen molar-refractivity contribution in [2.24, 2.45) is 0 Å². The monoisotopic (exact) mass is 465 g/mol. The first kappa shape index (κ1) is 21.3. The summed E-state index contributed by atoms with van der Waals surface area (Å²) in [6.07, 6.45) is 1.62. The van der Waals surface area contributed by atoms with E-state index in [1.54, 1.807) is 18.2 Å². The molecule has 0 fully saturated rings. The number of hydrogen-bond donors (Lipinski definition) is 0. The fourth-order valence-corrected chi connectivity index (χ4v) is 5.02. The van der Waals surface area contributed by atoms with E-state index < -0.39 is 23.2 Å². The first-order valence-corrected chi connectivity index (χ1v) is 11.5. The molecule has 1 atom stereocenters. The van der Waals surface area contributed by atoms with Crippen LogP contribution in [0.4, 0.5) is 9.52 Å². The molecule has 9 heteroatoms. The lowest BCUT2D eigenvalue weighted by Crippen LogP contribution is -2.29. The number of halogens is 1. The highest BCUT2D eigenvalue weighted by Crippen LogP contribution is 2.42. The zero-order valence-electron chi connectivity index (χ0n) is 18.0. The summed E-state index contributed by atoms with van der Waals surface area (Å²) in [6, 6.07) is 10.1. The normalized spacial score (nSPS) is 15.3. The number of fused-ring (bicyclic) bond motifs is 2. The van der Waals surface area contributed by atoms with Gasteiger partial charge in [0, 0.05) is 6.42 Å². The second kappa shape index (κ2) is 8.40. The summed E-state index contributed by atoms with van der Waals surface area (Å²) >= 11 is 1.30. The van der Waals surface area contributed by atoms with E-state index in [0.29, 0.717) is 23.1 Å². The molecule has 2 aromatic heterocycles. The predicted octanol–water partition coefficient (Wildman–Crippen LogP) is 4.88. The Morgan fingerprint density at radius 2 is 2.00 bits per heavy atom. The van der Waals surface area contributed by atoms with E-state index in [2.05, 4.69) is 10.2 Å². The van der Waals surface area contributed by atoms with Crippen molar-refractivity contribution in [2.45, 2.75) is 32.7 Å². The van der Waals surface area contributed by atoms with E-state index in [-0.39, 0.29) is 22.3 Å². The highest BCUT2D eigenvalue weighted by molar-refractivity contribution is 7.15. The van der Waals surface area contributed by atoms with Crippen molar-refractivity contribution in [3.8, 4) is 5.75 Å². The van der Waals surface area contributed by atoms with Gasteiger partial charge in [-0.15, -0.1) is 10.2 Å². The second-order valence-corrected chi connectivity index (χ2v) is 8.67. The van der Waals surface area contributed by atoms with Gasteiger partial charge in [0.1, 0.15) is 22.2 Å². The van der Waals surface area contributed by atoms with Gasteiger partial charge in [0.05, 0.1) is 23.6 Å². The van der Waals surface area contributed by atoms with Gasteiger partial charge in [0.2, 0.25) is 10.9 Å². The molecule has 1 aliphatic rings. The number of amides is 1. The van der Waals surface area contributed by atoms with Crippen molar-refractivity contribution >= 4 is 33.3 Å². The standard InChI is InChI=1S/C24H20FN3O4S/c1-3-6-18-26-27-24(33-18)28-20(13-7-5-8-15(11-13)31-4-2)19-21(29)16-12-14(25)9-10-17(16)32-22(19)23(28)30/h5,7-12,20H,3-4,6H2,1-2H3/t20-/m0/s1. The lowest BCUT2D eigenvalue weighted by atomic mass is 9.98. The summed E-state index contributed by atoms with van der Waals surface area (Å²) in [5.74, 6) is -0.507. The minimum absolute atomic E-state index is 0.0711. The fraction of sp³-hybridized carbons (Fsp3) is 0.250. The number of carbonyl (C=O) groups excluding carboxylic acids is 1. The highest BCUT2D eigenvalue weighted by atomic mass is 32.1. The third-order valence-corrected chi connectivity index (χ3v) is 6.43. The Hall–Kier alpha value is -3.59. The van der Waals surface area contributed by atoms with E-state index in [4.69, 9.17) is 9.15 Å². The number of nitrogens with zero attached hydrogens (tertiary/aromatic N) is 3. The Morgan fingerprint density at radius 1 is 1.15 bits per heavy atom. The lowest BCUT2D eigenvalue weighted by Gasteiger charge is -2.22. The van der Waals surface area contributed by atoms with Crippen LogP contribution in [0.1, 0.15) is 53.0 Å². The van der Waals surface area contributed by atoms with E-state index >= 15 is 0 Å². The zero-order valence-corrected chi connectivity index (χ0v) is 18.8. The van der Waals surface area contributed by atoms with Gasteiger partial charge < -0.3 is 9.15 Å². The first-order chi connectivity index (χ1) is 16.0. The average Bonchev–Trinajstić information content (AvgIpc) is 3.37. The molecule has 168 valence electrons. The maximum atomic E-state index is 13.9. The molecule has 0 spiro atoms. The van der Waals surface area contributed by atoms with Crippen LogP contribution in [0.25, 0.3) is 11.0 Å². The van der Waals surface area contributed by atoms with Gasteiger partial charge in [-0.05, 0) is 49.2 Å². The number of ether oxygens (including phenoxy) is 1. The van der Waals surface area contributed by atoms with Crippen LogP contribution < -0.4 is 15.1 Å². The van der Waals surface area contributed by atoms with Crippen LogP contribution in [-0.2, 0) is 6.42 Å². The Kier molecular flexibility index (Phi) is 5.41. The molecule has 1 amide bonds. The van der Waals surface area contributed by atoms with Crippen molar-refractivity contribution in [1.82, 2.24) is 10.2 Å². The average molecular weight is 466 g/mol. The summed E-state index contributed by atoms with van der Waals surface area (Å²) in [6.45, 7) is 4.38. The summed E-state index contributed by atoms with van der Waals surface area (Å²) in [5, 5.41) is 9.69. The van der Waals surface area contributed by atoms with Gasteiger partial charge in [-0.25, -0.2) is 4.39 Å². The van der Waals surface area contributed by atoms with Crippen molar-refractivity contribution in [1.29, 1.82) is 0 Å². The molecule has 7 nitrogen and oxygen atoms in total. The summed E-state index contributed by atoms with van der Waals surface area (Å²) in [7, 11) is 0. The molecule has 0 bridgehead atoms. The molecule has 2 aromatic carbocycles. The molecule has 0 saturated heterocycles. The van der Waals surface area contributed by atoms with Gasteiger partial charge in [-0.1, -0.05) is 30.4 Å². The van der Waals surface area contributed by atoms with Gasteiger partial charge in [0.15, 0.2) is 5.43 Å². The minimum atomic E-state index is -0.806. The topological polar surface area (TPSA) is 85.5 Å². The number of anilines is 1. The van der Waals surface area contributed by atoms with E-state index in [9.17, 15) is 14.0 Å². The molecule has 0 radical (unpaired) electrons. The van der Waals surface area contributed by atoms with E-state index in [1.807, 2.05) is 19.9 Å². The molecule has 4 aromatic rings. The number of benzene rings is 2. The number of aromatic nitrogens is 2. The molecule has 1 aliphatic heterocycles. The van der Waals surface area contributed by atoms with Crippen molar-refractivity contribution < 1.29 is 18.3 Å². The van der Waals surface area contributed by atoms with Gasteiger partial charge in [-0.2, -0.15) is 0 Å². The van der Waals surface area contributed by atoms with E-state index in [1.165, 1.54) is 28.4 Å². The quantitative estimate of drug-likeness (QED) is 0.403. The van der Waals surface area contributed by atoms with Crippen molar-refractivity contribution in [3.63, 3.8) is 0 Å². The first-order valence-electron chi connectivity index (χ1n) is 10.7. The second-order valence-electron chi connectivity index (χ2n) is 7.63. The maximum Gasteiger partial charge on any atom is 0.297 e. The molecule has 0 saturated carbocycles. The number of hydrogen-bond acceptors (Lipinski definition) is 7. The zero-order chi connectivity index (χ0) is 23.1. The summed E-state index contributed by atoms with van der Waals surface area (Å²) in [5.41, 5.74) is 0.509. The third-order valence-electron chi connectivity index (χ3n) is 5.44. The fourth-order valence-electron chi connectivity index (χ4n) is 4.06. The molecule has 0 unspecified atom stereocenters. The molecule has 0 N–H and O–H groups in total. The maximum absolute atomic E-state index is 13.9. The van der Waals surface area contributed by atoms with Gasteiger partial charge >= 0.3 is 0 Å². The largest absolute Gasteiger partial charge is 0.494 e. The number of rotatable bonds is 6. The number of carbonyl (C=O) groups is 1. The van der Waals surface area contributed by atoms with Gasteiger partial charge in [-0.3, -0.25) is 14.5 Å². The molecule has 0 aliphatic carbocycles. The lowest BCUT2D eigenvalue weighted by molar-refractivity contribution is 0.0970. The SMILES string of the molecule is CCCc1nnc(N2C(=O)c3oc4ccc(F)cc4c(=O)c3[C@@H]2c2cccc(OCC)c2)s1. The van der Waals surface area contributed by atoms with Gasteiger partial charge in [0.25, 0.3) is 5.91 Å². The Morgan fingerprint density at radius 3 is 2.79 bits per heavy atom. The molecule has 3 heterocycles. The summed E-state index contributed by atoms with van der Waals surface area (Å²) in [4.78, 5) is 28.5. The van der Waals surface area contributed by atoms with Crippen LogP contribution in [0.2, 0.25) is 0 Å². The van der Waals surface area contributed by atoms with Crippen LogP contribution in [0.3, 0.4) is 0 Å². The van der Waals surface area contributed by atoms with E-state index in [0.717, 1.165) is 23.9 Å². The number of aryl methyl sites for hydroxylation is 1. The third kappa shape index (κ3) is 3.58. The van der Waals surface area contributed by atoms with Crippen LogP contribution in [0.5, 0.6) is 5.75 Å². The molecule has 5 rings (SSSR count).